The van der Waals surface area contributed by atoms with Crippen molar-refractivity contribution in [3.05, 3.63) is 59.7 Å². The van der Waals surface area contributed by atoms with E-state index in [1.54, 1.807) is 31.2 Å². The monoisotopic (exact) mass is 438 g/mol. The van der Waals surface area contributed by atoms with Crippen LogP contribution in [0.1, 0.15) is 37.3 Å². The molecule has 0 amide bonds. The Morgan fingerprint density at radius 2 is 1.03 bits per heavy atom. The fraction of sp³-hybridized carbons (Fsp3) is 0.429. The highest BCUT2D eigenvalue weighted by Gasteiger charge is 2.37. The lowest BCUT2D eigenvalue weighted by atomic mass is 9.85. The zero-order chi connectivity index (χ0) is 21.2. The molecule has 2 unspecified atom stereocenters. The van der Waals surface area contributed by atoms with E-state index < -0.39 is 38.4 Å². The first-order valence-corrected chi connectivity index (χ1v) is 12.4. The van der Waals surface area contributed by atoms with Crippen LogP contribution in [0.2, 0.25) is 0 Å². The van der Waals surface area contributed by atoms with Gasteiger partial charge in [-0.15, -0.1) is 0 Å². The van der Waals surface area contributed by atoms with Gasteiger partial charge in [0, 0.05) is 5.92 Å². The molecule has 3 rings (SSSR count). The van der Waals surface area contributed by atoms with Gasteiger partial charge in [0.15, 0.2) is 0 Å². The van der Waals surface area contributed by atoms with Gasteiger partial charge in [-0.05, 0) is 57.4 Å². The van der Waals surface area contributed by atoms with E-state index in [1.807, 2.05) is 13.8 Å². The lowest BCUT2D eigenvalue weighted by Crippen LogP contribution is -2.39. The van der Waals surface area contributed by atoms with E-state index in [-0.39, 0.29) is 9.79 Å². The Morgan fingerprint density at radius 3 is 1.38 bits per heavy atom. The molecule has 0 heterocycles. The molecule has 2 aromatic rings. The fourth-order valence-electron chi connectivity index (χ4n) is 3.40. The molecule has 0 bridgehead atoms. The summed E-state index contributed by atoms with van der Waals surface area (Å²) in [5.41, 5.74) is 1.90. The molecule has 1 saturated carbocycles. The van der Waals surface area contributed by atoms with E-state index >= 15 is 0 Å². The second-order valence-corrected chi connectivity index (χ2v) is 10.7. The van der Waals surface area contributed by atoms with Gasteiger partial charge in [-0.1, -0.05) is 42.3 Å². The Balaban J connectivity index is 1.73. The summed E-state index contributed by atoms with van der Waals surface area (Å²) in [5.74, 6) is -0.399. The molecule has 2 aromatic carbocycles. The van der Waals surface area contributed by atoms with Crippen molar-refractivity contribution in [3.63, 3.8) is 0 Å². The average molecular weight is 439 g/mol. The molecule has 1 aliphatic carbocycles. The van der Waals surface area contributed by atoms with Crippen LogP contribution in [0.15, 0.2) is 58.3 Å². The Morgan fingerprint density at radius 1 is 0.690 bits per heavy atom. The van der Waals surface area contributed by atoms with E-state index in [2.05, 4.69) is 0 Å². The third-order valence-electron chi connectivity index (χ3n) is 5.27. The van der Waals surface area contributed by atoms with E-state index in [0.29, 0.717) is 19.3 Å². The number of hydrogen-bond donors (Lipinski definition) is 0. The highest BCUT2D eigenvalue weighted by Crippen LogP contribution is 2.33. The van der Waals surface area contributed by atoms with Gasteiger partial charge in [-0.3, -0.25) is 8.37 Å². The van der Waals surface area contributed by atoms with Crippen LogP contribution >= 0.6 is 0 Å². The topological polar surface area (TPSA) is 86.7 Å². The maximum Gasteiger partial charge on any atom is 0.297 e. The first-order valence-electron chi connectivity index (χ1n) is 9.58. The third-order valence-corrected chi connectivity index (χ3v) is 7.97. The first-order chi connectivity index (χ1) is 13.6. The molecule has 0 radical (unpaired) electrons. The minimum atomic E-state index is -3.94. The van der Waals surface area contributed by atoms with Gasteiger partial charge in [0.2, 0.25) is 0 Å². The molecule has 158 valence electrons. The zero-order valence-electron chi connectivity index (χ0n) is 16.7. The first kappa shape index (κ1) is 22.0. The van der Waals surface area contributed by atoms with Gasteiger partial charge in [-0.2, -0.15) is 16.8 Å². The highest BCUT2D eigenvalue weighted by atomic mass is 32.2. The van der Waals surface area contributed by atoms with E-state index in [4.69, 9.17) is 8.37 Å². The maximum atomic E-state index is 12.6. The molecule has 1 aliphatic rings. The smallest absolute Gasteiger partial charge is 0.263 e. The summed E-state index contributed by atoms with van der Waals surface area (Å²) in [7, 11) is -7.88. The van der Waals surface area contributed by atoms with Crippen molar-refractivity contribution in [3.8, 4) is 0 Å². The highest BCUT2D eigenvalue weighted by molar-refractivity contribution is 7.87. The number of hydrogen-bond acceptors (Lipinski definition) is 6. The lowest BCUT2D eigenvalue weighted by Gasteiger charge is -2.34. The summed E-state index contributed by atoms with van der Waals surface area (Å²) in [6, 6.07) is 12.9. The zero-order valence-corrected chi connectivity index (χ0v) is 18.4. The van der Waals surface area contributed by atoms with Crippen LogP contribution in [0.25, 0.3) is 0 Å². The second-order valence-electron chi connectivity index (χ2n) is 7.59. The number of rotatable bonds is 6. The van der Waals surface area contributed by atoms with Gasteiger partial charge in [0.05, 0.1) is 22.0 Å². The van der Waals surface area contributed by atoms with Crippen molar-refractivity contribution in [1.29, 1.82) is 0 Å². The number of benzene rings is 2. The standard InChI is InChI=1S/C21H26O6S2/c1-15-7-11-18(12-8-15)28(22,23)26-20-5-4-6-21(17(20)3)27-29(24,25)19-13-9-16(2)10-14-19/h7-14,17,20-21H,4-6H2,1-3H3. The molecule has 0 N–H and O–H groups in total. The Hall–Kier alpha value is -1.74. The molecular formula is C21H26O6S2. The molecule has 2 atom stereocenters. The van der Waals surface area contributed by atoms with Gasteiger partial charge in [0.1, 0.15) is 0 Å². The SMILES string of the molecule is Cc1ccc(S(=O)(=O)OC2CCCC(OS(=O)(=O)c3ccc(C)cc3)C2C)cc1. The molecule has 0 saturated heterocycles. The van der Waals surface area contributed by atoms with Gasteiger partial charge in [-0.25, -0.2) is 0 Å². The third kappa shape index (κ3) is 5.25. The summed E-state index contributed by atoms with van der Waals surface area (Å²) in [6.07, 6.45) is 0.376. The van der Waals surface area contributed by atoms with Crippen LogP contribution in [0.3, 0.4) is 0 Å². The predicted molar refractivity (Wildman–Crippen MR) is 109 cm³/mol. The summed E-state index contributed by atoms with van der Waals surface area (Å²) >= 11 is 0. The largest absolute Gasteiger partial charge is 0.297 e. The average Bonchev–Trinajstić information content (AvgIpc) is 2.65. The minimum absolute atomic E-state index is 0.0885. The molecule has 29 heavy (non-hydrogen) atoms. The van der Waals surface area contributed by atoms with Crippen molar-refractivity contribution in [2.75, 3.05) is 0 Å². The molecule has 0 spiro atoms. The second kappa shape index (κ2) is 8.55. The Kier molecular flexibility index (Phi) is 6.48. The fourth-order valence-corrected chi connectivity index (χ4v) is 5.76. The van der Waals surface area contributed by atoms with Crippen LogP contribution in [0.4, 0.5) is 0 Å². The van der Waals surface area contributed by atoms with E-state index in [1.165, 1.54) is 24.3 Å². The molecule has 1 fully saturated rings. The molecule has 6 nitrogen and oxygen atoms in total. The normalized spacial score (nSPS) is 23.1. The van der Waals surface area contributed by atoms with Gasteiger partial charge >= 0.3 is 0 Å². The minimum Gasteiger partial charge on any atom is -0.263 e. The van der Waals surface area contributed by atoms with Crippen molar-refractivity contribution >= 4 is 20.2 Å². The Bertz CT molecular complexity index is 956. The quantitative estimate of drug-likeness (QED) is 0.634. The molecule has 8 heteroatoms. The van der Waals surface area contributed by atoms with Crippen molar-refractivity contribution in [2.45, 2.75) is 62.0 Å². The summed E-state index contributed by atoms with van der Waals surface area (Å²) in [6.45, 7) is 5.51. The summed E-state index contributed by atoms with van der Waals surface area (Å²) in [5, 5.41) is 0. The van der Waals surface area contributed by atoms with Crippen LogP contribution < -0.4 is 0 Å². The van der Waals surface area contributed by atoms with Crippen molar-refractivity contribution < 1.29 is 25.2 Å². The lowest BCUT2D eigenvalue weighted by molar-refractivity contribution is 0.0190. The molecule has 0 aliphatic heterocycles. The summed E-state index contributed by atoms with van der Waals surface area (Å²) < 4.78 is 61.4. The van der Waals surface area contributed by atoms with Crippen molar-refractivity contribution in [1.82, 2.24) is 0 Å². The van der Waals surface area contributed by atoms with Crippen LogP contribution in [-0.2, 0) is 28.6 Å². The van der Waals surface area contributed by atoms with Gasteiger partial charge < -0.3 is 0 Å². The van der Waals surface area contributed by atoms with E-state index in [0.717, 1.165) is 11.1 Å². The van der Waals surface area contributed by atoms with Crippen LogP contribution in [0.5, 0.6) is 0 Å². The van der Waals surface area contributed by atoms with Gasteiger partial charge in [0.25, 0.3) is 20.2 Å². The molecular weight excluding hydrogens is 412 g/mol. The maximum absolute atomic E-state index is 12.6. The van der Waals surface area contributed by atoms with Crippen LogP contribution in [0, 0.1) is 19.8 Å². The number of aryl methyl sites for hydroxylation is 2. The van der Waals surface area contributed by atoms with Crippen LogP contribution in [-0.4, -0.2) is 29.0 Å². The Labute approximate surface area is 173 Å². The van der Waals surface area contributed by atoms with Crippen molar-refractivity contribution in [2.24, 2.45) is 5.92 Å². The van der Waals surface area contributed by atoms with E-state index in [9.17, 15) is 16.8 Å². The molecule has 0 aromatic heterocycles. The predicted octanol–water partition coefficient (Wildman–Crippen LogP) is 3.97. The summed E-state index contributed by atoms with van der Waals surface area (Å²) in [4.78, 5) is 0.177.